The maximum absolute atomic E-state index is 13.8. The standard InChI is InChI=1S/C28H43N7O3/c1-6-30-26(37)32-25(34-14-16-38-17-15-34)31-23(18-27(3,4)5)24(36)33-28(19-29)12-13-35(20-28)21(2)22-10-8-7-9-11-22/h7-11,21,23H,6,12-18,20H2,1-5H3,(H,33,36)(H2,30,31,32,37). The predicted molar refractivity (Wildman–Crippen MR) is 147 cm³/mol. The summed E-state index contributed by atoms with van der Waals surface area (Å²) in [5.74, 6) is 0.0413. The molecule has 0 aromatic heterocycles. The quantitative estimate of drug-likeness (QED) is 0.372. The number of carbonyl (C=O) groups excluding carboxylic acids is 2. The molecule has 3 unspecified atom stereocenters. The number of guanidine groups is 1. The van der Waals surface area contributed by atoms with E-state index in [1.54, 1.807) is 0 Å². The minimum atomic E-state index is -1.00. The van der Waals surface area contributed by atoms with E-state index < -0.39 is 11.6 Å². The molecular weight excluding hydrogens is 482 g/mol. The second-order valence-corrected chi connectivity index (χ2v) is 11.3. The van der Waals surface area contributed by atoms with Crippen LogP contribution in [0.2, 0.25) is 0 Å². The first-order valence-corrected chi connectivity index (χ1v) is 13.5. The number of nitrogens with zero attached hydrogens (tertiary/aromatic N) is 4. The molecule has 3 rings (SSSR count). The van der Waals surface area contributed by atoms with Crippen LogP contribution in [0.15, 0.2) is 35.3 Å². The number of urea groups is 1. The summed E-state index contributed by atoms with van der Waals surface area (Å²) in [5, 5.41) is 18.8. The summed E-state index contributed by atoms with van der Waals surface area (Å²) < 4.78 is 5.47. The number of amides is 3. The number of likely N-dealkylation sites (tertiary alicyclic amines) is 1. The lowest BCUT2D eigenvalue weighted by Crippen LogP contribution is -2.55. The van der Waals surface area contributed by atoms with Crippen LogP contribution in [0.1, 0.15) is 59.1 Å². The smallest absolute Gasteiger partial charge is 0.321 e. The van der Waals surface area contributed by atoms with E-state index in [2.05, 4.69) is 46.0 Å². The summed E-state index contributed by atoms with van der Waals surface area (Å²) in [6.07, 6.45) is 0.987. The van der Waals surface area contributed by atoms with Gasteiger partial charge in [-0.15, -0.1) is 0 Å². The van der Waals surface area contributed by atoms with E-state index in [9.17, 15) is 14.9 Å². The van der Waals surface area contributed by atoms with Gasteiger partial charge in [-0.05, 0) is 37.7 Å². The number of hydrogen-bond acceptors (Lipinski definition) is 6. The van der Waals surface area contributed by atoms with E-state index in [0.29, 0.717) is 64.7 Å². The fraction of sp³-hybridized carbons (Fsp3) is 0.643. The molecule has 0 saturated carbocycles. The van der Waals surface area contributed by atoms with Crippen LogP contribution in [0.4, 0.5) is 4.79 Å². The van der Waals surface area contributed by atoms with Crippen LogP contribution in [-0.4, -0.2) is 85.2 Å². The predicted octanol–water partition coefficient (Wildman–Crippen LogP) is 2.64. The average Bonchev–Trinajstić information content (AvgIpc) is 3.32. The number of nitrogens with one attached hydrogen (secondary N) is 3. The molecule has 0 spiro atoms. The van der Waals surface area contributed by atoms with Crippen LogP contribution >= 0.6 is 0 Å². The molecule has 3 N–H and O–H groups in total. The van der Waals surface area contributed by atoms with Gasteiger partial charge in [-0.1, -0.05) is 51.1 Å². The number of nitriles is 1. The Morgan fingerprint density at radius 3 is 2.47 bits per heavy atom. The van der Waals surface area contributed by atoms with Crippen LogP contribution in [-0.2, 0) is 9.53 Å². The van der Waals surface area contributed by atoms with Crippen LogP contribution in [0.5, 0.6) is 0 Å². The summed E-state index contributed by atoms with van der Waals surface area (Å²) in [7, 11) is 0. The highest BCUT2D eigenvalue weighted by molar-refractivity contribution is 5.97. The first-order chi connectivity index (χ1) is 18.1. The minimum absolute atomic E-state index is 0.126. The first-order valence-electron chi connectivity index (χ1n) is 13.5. The number of aliphatic imine (C=N–C) groups is 1. The molecule has 10 heteroatoms. The van der Waals surface area contributed by atoms with Crippen molar-refractivity contribution in [2.24, 2.45) is 10.4 Å². The molecular formula is C28H43N7O3. The summed E-state index contributed by atoms with van der Waals surface area (Å²) in [6, 6.07) is 11.5. The number of benzene rings is 1. The van der Waals surface area contributed by atoms with Gasteiger partial charge in [-0.2, -0.15) is 5.26 Å². The molecule has 2 fully saturated rings. The highest BCUT2D eigenvalue weighted by atomic mass is 16.5. The van der Waals surface area contributed by atoms with Crippen molar-refractivity contribution in [1.82, 2.24) is 25.8 Å². The van der Waals surface area contributed by atoms with Gasteiger partial charge in [0.1, 0.15) is 11.6 Å². The van der Waals surface area contributed by atoms with Gasteiger partial charge in [0.2, 0.25) is 11.9 Å². The molecule has 38 heavy (non-hydrogen) atoms. The Labute approximate surface area is 226 Å². The molecule has 0 aliphatic carbocycles. The van der Waals surface area contributed by atoms with Crippen molar-refractivity contribution in [3.63, 3.8) is 0 Å². The molecule has 0 radical (unpaired) electrons. The third kappa shape index (κ3) is 8.17. The Morgan fingerprint density at radius 1 is 1.18 bits per heavy atom. The number of morpholine rings is 1. The van der Waals surface area contributed by atoms with E-state index in [4.69, 9.17) is 9.73 Å². The molecule has 2 aliphatic rings. The van der Waals surface area contributed by atoms with Gasteiger partial charge in [0.05, 0.1) is 19.3 Å². The van der Waals surface area contributed by atoms with Crippen LogP contribution in [0, 0.1) is 16.7 Å². The maximum Gasteiger partial charge on any atom is 0.321 e. The van der Waals surface area contributed by atoms with Gasteiger partial charge in [-0.25, -0.2) is 9.79 Å². The van der Waals surface area contributed by atoms with E-state index in [1.165, 1.54) is 5.56 Å². The molecule has 3 atom stereocenters. The van der Waals surface area contributed by atoms with Gasteiger partial charge in [0, 0.05) is 38.8 Å². The van der Waals surface area contributed by atoms with Gasteiger partial charge < -0.3 is 20.3 Å². The van der Waals surface area contributed by atoms with Gasteiger partial charge in [-0.3, -0.25) is 15.0 Å². The van der Waals surface area contributed by atoms with E-state index in [0.717, 1.165) is 0 Å². The summed E-state index contributed by atoms with van der Waals surface area (Å²) >= 11 is 0. The topological polar surface area (TPSA) is 122 Å². The van der Waals surface area contributed by atoms with Crippen LogP contribution < -0.4 is 16.0 Å². The molecule has 2 heterocycles. The normalized spacial score (nSPS) is 22.3. The van der Waals surface area contributed by atoms with Crippen molar-refractivity contribution in [3.8, 4) is 6.07 Å². The Bertz CT molecular complexity index is 1010. The minimum Gasteiger partial charge on any atom is -0.378 e. The monoisotopic (exact) mass is 525 g/mol. The van der Waals surface area contributed by atoms with Crippen LogP contribution in [0.3, 0.4) is 0 Å². The number of carbonyl (C=O) groups is 2. The average molecular weight is 526 g/mol. The molecule has 208 valence electrons. The molecule has 1 aromatic rings. The third-order valence-electron chi connectivity index (χ3n) is 6.96. The van der Waals surface area contributed by atoms with E-state index in [-0.39, 0.29) is 23.4 Å². The maximum atomic E-state index is 13.8. The van der Waals surface area contributed by atoms with Gasteiger partial charge in [0.15, 0.2) is 0 Å². The molecule has 2 aliphatic heterocycles. The number of ether oxygens (including phenoxy) is 1. The van der Waals surface area contributed by atoms with Gasteiger partial charge in [0.25, 0.3) is 0 Å². The Hall–Kier alpha value is -3.16. The zero-order valence-electron chi connectivity index (χ0n) is 23.4. The lowest BCUT2D eigenvalue weighted by Gasteiger charge is -2.32. The molecule has 2 saturated heterocycles. The molecule has 3 amide bonds. The molecule has 1 aromatic carbocycles. The van der Waals surface area contributed by atoms with Crippen molar-refractivity contribution < 1.29 is 14.3 Å². The molecule has 10 nitrogen and oxygen atoms in total. The largest absolute Gasteiger partial charge is 0.378 e. The Kier molecular flexibility index (Phi) is 10.1. The number of rotatable bonds is 7. The SMILES string of the molecule is CCNC(=O)NC(=NC(CC(C)(C)C)C(=O)NC1(C#N)CCN(C(C)c2ccccc2)C1)N1CCOCC1. The second-order valence-electron chi connectivity index (χ2n) is 11.3. The molecule has 0 bridgehead atoms. The van der Waals surface area contributed by atoms with Crippen molar-refractivity contribution in [2.45, 2.75) is 65.1 Å². The zero-order valence-corrected chi connectivity index (χ0v) is 23.4. The van der Waals surface area contributed by atoms with Crippen molar-refractivity contribution in [1.29, 1.82) is 5.26 Å². The van der Waals surface area contributed by atoms with E-state index in [1.807, 2.05) is 50.8 Å². The second kappa shape index (κ2) is 13.1. The highest BCUT2D eigenvalue weighted by Crippen LogP contribution is 2.30. The van der Waals surface area contributed by atoms with Crippen molar-refractivity contribution in [2.75, 3.05) is 45.9 Å². The summed E-state index contributed by atoms with van der Waals surface area (Å²) in [5.41, 5.74) is -0.0384. The van der Waals surface area contributed by atoms with Gasteiger partial charge >= 0.3 is 6.03 Å². The fourth-order valence-corrected chi connectivity index (χ4v) is 4.85. The number of hydrogen-bond donors (Lipinski definition) is 3. The van der Waals surface area contributed by atoms with Crippen molar-refractivity contribution in [3.05, 3.63) is 35.9 Å². The van der Waals surface area contributed by atoms with Crippen molar-refractivity contribution >= 4 is 17.9 Å². The highest BCUT2D eigenvalue weighted by Gasteiger charge is 2.43. The lowest BCUT2D eigenvalue weighted by atomic mass is 9.87. The van der Waals surface area contributed by atoms with E-state index >= 15 is 0 Å². The summed E-state index contributed by atoms with van der Waals surface area (Å²) in [4.78, 5) is 35.1. The summed E-state index contributed by atoms with van der Waals surface area (Å²) in [6.45, 7) is 13.9. The lowest BCUT2D eigenvalue weighted by molar-refractivity contribution is -0.124. The first kappa shape index (κ1) is 29.4. The zero-order chi connectivity index (χ0) is 27.8. The Morgan fingerprint density at radius 2 is 1.87 bits per heavy atom. The van der Waals surface area contributed by atoms with Crippen LogP contribution in [0.25, 0.3) is 0 Å². The third-order valence-corrected chi connectivity index (χ3v) is 6.96. The Balaban J connectivity index is 1.82. The fourth-order valence-electron chi connectivity index (χ4n) is 4.85.